The van der Waals surface area contributed by atoms with Gasteiger partial charge in [-0.3, -0.25) is 9.69 Å². The van der Waals surface area contributed by atoms with Crippen molar-refractivity contribution in [3.63, 3.8) is 0 Å². The summed E-state index contributed by atoms with van der Waals surface area (Å²) in [6.45, 7) is 0. The van der Waals surface area contributed by atoms with Gasteiger partial charge in [-0.1, -0.05) is 17.7 Å². The van der Waals surface area contributed by atoms with Gasteiger partial charge in [0.25, 0.3) is 5.91 Å². The van der Waals surface area contributed by atoms with Gasteiger partial charge in [0.15, 0.2) is 11.5 Å². The third-order valence-corrected chi connectivity index (χ3v) is 5.55. The van der Waals surface area contributed by atoms with Gasteiger partial charge >= 0.3 is 0 Å². The smallest absolute Gasteiger partial charge is 0.282 e. The van der Waals surface area contributed by atoms with Gasteiger partial charge in [0.05, 0.1) is 34.1 Å². The van der Waals surface area contributed by atoms with Crippen LogP contribution >= 0.6 is 11.6 Å². The first-order valence-corrected chi connectivity index (χ1v) is 10.7. The third-order valence-electron chi connectivity index (χ3n) is 5.30. The molecule has 0 atom stereocenters. The Balaban J connectivity index is 1.84. The van der Waals surface area contributed by atoms with E-state index in [1.165, 1.54) is 12.0 Å². The van der Waals surface area contributed by atoms with Crippen LogP contribution in [0.4, 0.5) is 5.69 Å². The number of halogens is 1. The summed E-state index contributed by atoms with van der Waals surface area (Å²) in [6, 6.07) is 17.8. The lowest BCUT2D eigenvalue weighted by Crippen LogP contribution is -2.33. The minimum atomic E-state index is -0.303. The second-order valence-corrected chi connectivity index (χ2v) is 7.70. The molecule has 1 amide bonds. The summed E-state index contributed by atoms with van der Waals surface area (Å²) in [5.74, 6) is 2.38. The summed E-state index contributed by atoms with van der Waals surface area (Å²) >= 11 is 6.08. The molecule has 0 radical (unpaired) electrons. The molecular formula is C26H23ClN2O5. The molecule has 0 bridgehead atoms. The number of methoxy groups -OCH3 is 4. The molecule has 1 heterocycles. The summed E-state index contributed by atoms with van der Waals surface area (Å²) in [6.07, 6.45) is 1.70. The molecule has 174 valence electrons. The third kappa shape index (κ3) is 4.43. The van der Waals surface area contributed by atoms with E-state index in [9.17, 15) is 4.79 Å². The molecule has 1 aliphatic rings. The second kappa shape index (κ2) is 9.89. The van der Waals surface area contributed by atoms with Crippen LogP contribution in [0.5, 0.6) is 23.0 Å². The van der Waals surface area contributed by atoms with E-state index >= 15 is 0 Å². The molecule has 0 saturated carbocycles. The maximum absolute atomic E-state index is 13.6. The molecule has 4 rings (SSSR count). The Morgan fingerprint density at radius 1 is 0.794 bits per heavy atom. The van der Waals surface area contributed by atoms with Gasteiger partial charge in [-0.05, 0) is 60.2 Å². The molecule has 3 aromatic rings. The predicted molar refractivity (Wildman–Crippen MR) is 133 cm³/mol. The summed E-state index contributed by atoms with van der Waals surface area (Å²) in [5.41, 5.74) is 2.27. The number of amides is 1. The van der Waals surface area contributed by atoms with E-state index in [1.54, 1.807) is 69.9 Å². The van der Waals surface area contributed by atoms with E-state index in [4.69, 9.17) is 35.5 Å². The highest BCUT2D eigenvalue weighted by Crippen LogP contribution is 2.37. The molecule has 0 fully saturated rings. The van der Waals surface area contributed by atoms with E-state index in [-0.39, 0.29) is 11.6 Å². The average molecular weight is 479 g/mol. The van der Waals surface area contributed by atoms with Gasteiger partial charge in [-0.15, -0.1) is 0 Å². The van der Waals surface area contributed by atoms with Crippen molar-refractivity contribution in [3.05, 3.63) is 82.5 Å². The Labute approximate surface area is 202 Å². The number of amidine groups is 1. The molecule has 7 nitrogen and oxygen atoms in total. The fourth-order valence-corrected chi connectivity index (χ4v) is 3.73. The molecule has 0 aliphatic carbocycles. The zero-order valence-electron chi connectivity index (χ0n) is 19.2. The van der Waals surface area contributed by atoms with E-state index < -0.39 is 0 Å². The molecular weight excluding hydrogens is 456 g/mol. The molecule has 0 unspecified atom stereocenters. The monoisotopic (exact) mass is 478 g/mol. The predicted octanol–water partition coefficient (Wildman–Crippen LogP) is 5.21. The Morgan fingerprint density at radius 3 is 2.15 bits per heavy atom. The van der Waals surface area contributed by atoms with Crippen molar-refractivity contribution in [2.75, 3.05) is 33.3 Å². The van der Waals surface area contributed by atoms with E-state index in [0.29, 0.717) is 39.5 Å². The second-order valence-electron chi connectivity index (χ2n) is 7.26. The number of hydrogen-bond donors (Lipinski definition) is 0. The van der Waals surface area contributed by atoms with Gasteiger partial charge < -0.3 is 18.9 Å². The van der Waals surface area contributed by atoms with Crippen LogP contribution in [0.2, 0.25) is 5.02 Å². The number of hydrogen-bond acceptors (Lipinski definition) is 6. The quantitative estimate of drug-likeness (QED) is 0.436. The van der Waals surface area contributed by atoms with Crippen LogP contribution in [0.3, 0.4) is 0 Å². The van der Waals surface area contributed by atoms with E-state index in [2.05, 4.69) is 0 Å². The maximum atomic E-state index is 13.6. The van der Waals surface area contributed by atoms with Gasteiger partial charge in [0.1, 0.15) is 23.0 Å². The Hall–Kier alpha value is -3.97. The van der Waals surface area contributed by atoms with Crippen LogP contribution in [-0.2, 0) is 4.79 Å². The number of rotatable bonds is 7. The Kier molecular flexibility index (Phi) is 6.75. The number of nitrogens with zero attached hydrogens (tertiary/aromatic N) is 2. The highest BCUT2D eigenvalue weighted by atomic mass is 35.5. The van der Waals surface area contributed by atoms with Crippen LogP contribution in [-0.4, -0.2) is 40.2 Å². The molecule has 0 spiro atoms. The topological polar surface area (TPSA) is 69.6 Å². The van der Waals surface area contributed by atoms with Gasteiger partial charge in [0.2, 0.25) is 0 Å². The van der Waals surface area contributed by atoms with Crippen molar-refractivity contribution < 1.29 is 23.7 Å². The normalized spacial score (nSPS) is 14.3. The number of ether oxygens (including phenoxy) is 4. The fraction of sp³-hybridized carbons (Fsp3) is 0.154. The van der Waals surface area contributed by atoms with Crippen molar-refractivity contribution in [2.24, 2.45) is 4.99 Å². The van der Waals surface area contributed by atoms with Crippen molar-refractivity contribution in [1.82, 2.24) is 0 Å². The van der Waals surface area contributed by atoms with Crippen molar-refractivity contribution in [3.8, 4) is 23.0 Å². The zero-order valence-corrected chi connectivity index (χ0v) is 19.9. The average Bonchev–Trinajstić information content (AvgIpc) is 3.19. The van der Waals surface area contributed by atoms with Crippen LogP contribution in [0.25, 0.3) is 6.08 Å². The van der Waals surface area contributed by atoms with Gasteiger partial charge in [0, 0.05) is 16.7 Å². The van der Waals surface area contributed by atoms with Crippen LogP contribution in [0.1, 0.15) is 11.1 Å². The first kappa shape index (κ1) is 23.2. The standard InChI is InChI=1S/C26H23ClN2O5/c1-31-19-10-11-21(23(15-19)33-3)29-25(17-6-8-18(27)9-7-17)28-20(26(29)30)13-16-5-12-22(32-2)24(14-16)34-4/h5-15H,1-4H3. The summed E-state index contributed by atoms with van der Waals surface area (Å²) in [5, 5.41) is 0.586. The Morgan fingerprint density at radius 2 is 1.50 bits per heavy atom. The molecule has 8 heteroatoms. The molecule has 0 aromatic heterocycles. The summed E-state index contributed by atoms with van der Waals surface area (Å²) in [4.78, 5) is 19.8. The van der Waals surface area contributed by atoms with Gasteiger partial charge in [-0.25, -0.2) is 4.99 Å². The van der Waals surface area contributed by atoms with Crippen LogP contribution < -0.4 is 23.8 Å². The number of anilines is 1. The van der Waals surface area contributed by atoms with E-state index in [1.807, 2.05) is 18.2 Å². The molecule has 1 aliphatic heterocycles. The fourth-order valence-electron chi connectivity index (χ4n) is 3.60. The number of carbonyl (C=O) groups excluding carboxylic acids is 1. The molecule has 3 aromatic carbocycles. The van der Waals surface area contributed by atoms with Crippen LogP contribution in [0, 0.1) is 0 Å². The number of benzene rings is 3. The Bertz CT molecular complexity index is 1280. The van der Waals surface area contributed by atoms with Crippen molar-refractivity contribution >= 4 is 35.1 Å². The van der Waals surface area contributed by atoms with Gasteiger partial charge in [-0.2, -0.15) is 0 Å². The molecule has 34 heavy (non-hydrogen) atoms. The highest BCUT2D eigenvalue weighted by Gasteiger charge is 2.34. The SMILES string of the molecule is COc1ccc(N2C(=O)C(=Cc3ccc(OC)c(OC)c3)N=C2c2ccc(Cl)cc2)c(OC)c1. The summed E-state index contributed by atoms with van der Waals surface area (Å²) < 4.78 is 21.6. The number of carbonyl (C=O) groups is 1. The summed E-state index contributed by atoms with van der Waals surface area (Å²) in [7, 11) is 6.24. The first-order chi connectivity index (χ1) is 16.5. The highest BCUT2D eigenvalue weighted by molar-refractivity contribution is 6.34. The lowest BCUT2D eigenvalue weighted by molar-refractivity contribution is -0.113. The minimum Gasteiger partial charge on any atom is -0.497 e. The molecule has 0 saturated heterocycles. The van der Waals surface area contributed by atoms with Crippen LogP contribution in [0.15, 0.2) is 71.4 Å². The maximum Gasteiger partial charge on any atom is 0.282 e. The lowest BCUT2D eigenvalue weighted by atomic mass is 10.1. The zero-order chi connectivity index (χ0) is 24.2. The largest absolute Gasteiger partial charge is 0.497 e. The van der Waals surface area contributed by atoms with Crippen molar-refractivity contribution in [1.29, 1.82) is 0 Å². The van der Waals surface area contributed by atoms with E-state index in [0.717, 1.165) is 11.1 Å². The number of aliphatic imine (C=N–C) groups is 1. The lowest BCUT2D eigenvalue weighted by Gasteiger charge is -2.21. The first-order valence-electron chi connectivity index (χ1n) is 10.3. The van der Waals surface area contributed by atoms with Crippen molar-refractivity contribution in [2.45, 2.75) is 0 Å². The minimum absolute atomic E-state index is 0.259. The molecule has 0 N–H and O–H groups in total.